The Hall–Kier alpha value is -3.15. The van der Waals surface area contributed by atoms with Crippen molar-refractivity contribution in [3.05, 3.63) is 78.1 Å². The highest BCUT2D eigenvalue weighted by atomic mass is 19.1. The second-order valence-electron chi connectivity index (χ2n) is 6.86. The van der Waals surface area contributed by atoms with Gasteiger partial charge in [0, 0.05) is 29.8 Å². The quantitative estimate of drug-likeness (QED) is 0.727. The van der Waals surface area contributed by atoms with Crippen LogP contribution in [0.25, 0.3) is 5.69 Å². The molecule has 2 heterocycles. The Morgan fingerprint density at radius 3 is 2.74 bits per heavy atom. The zero-order chi connectivity index (χ0) is 18.9. The lowest BCUT2D eigenvalue weighted by molar-refractivity contribution is 0.0926. The van der Waals surface area contributed by atoms with E-state index in [4.69, 9.17) is 4.74 Å². The molecule has 2 aromatic heterocycles. The van der Waals surface area contributed by atoms with Crippen molar-refractivity contribution in [2.75, 3.05) is 7.11 Å². The number of ether oxygens (including phenoxy) is 1. The van der Waals surface area contributed by atoms with Crippen LogP contribution in [-0.2, 0) is 6.42 Å². The molecule has 0 aliphatic heterocycles. The van der Waals surface area contributed by atoms with Crippen molar-refractivity contribution in [2.24, 2.45) is 0 Å². The van der Waals surface area contributed by atoms with Gasteiger partial charge in [-0.2, -0.15) is 0 Å². The molecule has 0 spiro atoms. The van der Waals surface area contributed by atoms with Crippen molar-refractivity contribution in [3.63, 3.8) is 0 Å². The van der Waals surface area contributed by atoms with Gasteiger partial charge in [-0.3, -0.25) is 9.78 Å². The molecule has 1 saturated carbocycles. The maximum atomic E-state index is 13.6. The van der Waals surface area contributed by atoms with Crippen LogP contribution in [0.3, 0.4) is 0 Å². The first-order valence-electron chi connectivity index (χ1n) is 8.83. The molecule has 1 aliphatic rings. The Labute approximate surface area is 156 Å². The van der Waals surface area contributed by atoms with Crippen molar-refractivity contribution >= 4 is 5.91 Å². The molecule has 138 valence electrons. The lowest BCUT2D eigenvalue weighted by atomic mass is 10.0. The standard InChI is InChI=1S/C21H20FN3O2/c1-27-19-5-4-16(22)12-15(19)14-21(7-8-21)24-20(26)18-13-17(6-9-23-18)25-10-2-3-11-25/h2-6,9-13H,7-8,14H2,1H3,(H,24,26). The van der Waals surface area contributed by atoms with Gasteiger partial charge < -0.3 is 14.6 Å². The van der Waals surface area contributed by atoms with Crippen LogP contribution in [0, 0.1) is 5.82 Å². The van der Waals surface area contributed by atoms with Crippen LogP contribution in [-0.4, -0.2) is 28.1 Å². The highest BCUT2D eigenvalue weighted by molar-refractivity contribution is 5.93. The zero-order valence-electron chi connectivity index (χ0n) is 15.0. The average molecular weight is 365 g/mol. The largest absolute Gasteiger partial charge is 0.496 e. The van der Waals surface area contributed by atoms with Crippen LogP contribution in [0.4, 0.5) is 4.39 Å². The van der Waals surface area contributed by atoms with E-state index in [1.54, 1.807) is 25.4 Å². The van der Waals surface area contributed by atoms with Gasteiger partial charge in [0.15, 0.2) is 0 Å². The number of aromatic nitrogens is 2. The van der Waals surface area contributed by atoms with Crippen molar-refractivity contribution < 1.29 is 13.9 Å². The Balaban J connectivity index is 1.51. The van der Waals surface area contributed by atoms with E-state index in [9.17, 15) is 9.18 Å². The summed E-state index contributed by atoms with van der Waals surface area (Å²) in [4.78, 5) is 17.0. The first kappa shape index (κ1) is 17.3. The van der Waals surface area contributed by atoms with Gasteiger partial charge in [0.25, 0.3) is 5.91 Å². The minimum atomic E-state index is -0.372. The Bertz CT molecular complexity index is 965. The number of nitrogens with one attached hydrogen (secondary N) is 1. The lowest BCUT2D eigenvalue weighted by Gasteiger charge is -2.19. The average Bonchev–Trinajstić information content (AvgIpc) is 3.20. The summed E-state index contributed by atoms with van der Waals surface area (Å²) < 4.78 is 20.9. The summed E-state index contributed by atoms with van der Waals surface area (Å²) in [5, 5.41) is 3.09. The summed E-state index contributed by atoms with van der Waals surface area (Å²) in [5.41, 5.74) is 1.61. The summed E-state index contributed by atoms with van der Waals surface area (Å²) in [6, 6.07) is 11.9. The molecule has 1 N–H and O–H groups in total. The Kier molecular flexibility index (Phi) is 4.39. The fourth-order valence-corrected chi connectivity index (χ4v) is 3.26. The third kappa shape index (κ3) is 3.69. The predicted octanol–water partition coefficient (Wildman–Crippen LogP) is 3.53. The fraction of sp³-hybridized carbons (Fsp3) is 0.238. The summed E-state index contributed by atoms with van der Waals surface area (Å²) >= 11 is 0. The van der Waals surface area contributed by atoms with E-state index < -0.39 is 0 Å². The smallest absolute Gasteiger partial charge is 0.270 e. The lowest BCUT2D eigenvalue weighted by Crippen LogP contribution is -2.39. The summed E-state index contributed by atoms with van der Waals surface area (Å²) in [5.74, 6) is 0.0931. The summed E-state index contributed by atoms with van der Waals surface area (Å²) in [6.07, 6.45) is 7.66. The van der Waals surface area contributed by atoms with Crippen LogP contribution in [0.5, 0.6) is 5.75 Å². The van der Waals surface area contributed by atoms with Crippen LogP contribution < -0.4 is 10.1 Å². The van der Waals surface area contributed by atoms with Crippen molar-refractivity contribution in [3.8, 4) is 11.4 Å². The zero-order valence-corrected chi connectivity index (χ0v) is 15.0. The maximum Gasteiger partial charge on any atom is 0.270 e. The number of hydrogen-bond acceptors (Lipinski definition) is 3. The number of halogens is 1. The van der Waals surface area contributed by atoms with Gasteiger partial charge in [-0.05, 0) is 67.3 Å². The molecular formula is C21H20FN3O2. The summed E-state index contributed by atoms with van der Waals surface area (Å²) in [6.45, 7) is 0. The van der Waals surface area contributed by atoms with E-state index in [0.29, 0.717) is 17.9 Å². The molecule has 27 heavy (non-hydrogen) atoms. The second kappa shape index (κ2) is 6.87. The van der Waals surface area contributed by atoms with E-state index >= 15 is 0 Å². The van der Waals surface area contributed by atoms with Crippen LogP contribution in [0.15, 0.2) is 61.1 Å². The number of pyridine rings is 1. The highest BCUT2D eigenvalue weighted by Crippen LogP contribution is 2.40. The molecule has 1 aromatic carbocycles. The third-order valence-corrected chi connectivity index (χ3v) is 4.88. The second-order valence-corrected chi connectivity index (χ2v) is 6.86. The van der Waals surface area contributed by atoms with Gasteiger partial charge in [-0.25, -0.2) is 4.39 Å². The number of amides is 1. The van der Waals surface area contributed by atoms with Crippen molar-refractivity contribution in [2.45, 2.75) is 24.8 Å². The fourth-order valence-electron chi connectivity index (χ4n) is 3.26. The molecule has 1 amide bonds. The van der Waals surface area contributed by atoms with Gasteiger partial charge in [-0.15, -0.1) is 0 Å². The molecule has 0 unspecified atom stereocenters. The normalized spacial score (nSPS) is 14.6. The Morgan fingerprint density at radius 1 is 1.26 bits per heavy atom. The van der Waals surface area contributed by atoms with Crippen LogP contribution in [0.2, 0.25) is 0 Å². The molecule has 0 radical (unpaired) electrons. The highest BCUT2D eigenvalue weighted by Gasteiger charge is 2.44. The number of carbonyl (C=O) groups excluding carboxylic acids is 1. The van der Waals surface area contributed by atoms with Crippen molar-refractivity contribution in [1.82, 2.24) is 14.9 Å². The third-order valence-electron chi connectivity index (χ3n) is 4.88. The molecule has 4 rings (SSSR count). The van der Waals surface area contributed by atoms with E-state index in [0.717, 1.165) is 24.1 Å². The van der Waals surface area contributed by atoms with Crippen molar-refractivity contribution in [1.29, 1.82) is 0 Å². The number of carbonyl (C=O) groups is 1. The van der Waals surface area contributed by atoms with Gasteiger partial charge in [0.2, 0.25) is 0 Å². The van der Waals surface area contributed by atoms with E-state index in [1.165, 1.54) is 12.1 Å². The molecule has 1 aliphatic carbocycles. The molecule has 1 fully saturated rings. The SMILES string of the molecule is COc1ccc(F)cc1CC1(NC(=O)c2cc(-n3cccc3)ccn2)CC1. The van der Waals surface area contributed by atoms with Crippen LogP contribution >= 0.6 is 0 Å². The molecule has 0 atom stereocenters. The van der Waals surface area contributed by atoms with E-state index in [2.05, 4.69) is 10.3 Å². The molecule has 5 nitrogen and oxygen atoms in total. The summed E-state index contributed by atoms with van der Waals surface area (Å²) in [7, 11) is 1.56. The first-order chi connectivity index (χ1) is 13.1. The first-order valence-corrected chi connectivity index (χ1v) is 8.83. The van der Waals surface area contributed by atoms with Crippen LogP contribution in [0.1, 0.15) is 28.9 Å². The molecule has 0 bridgehead atoms. The minimum Gasteiger partial charge on any atom is -0.496 e. The number of methoxy groups -OCH3 is 1. The van der Waals surface area contributed by atoms with E-state index in [-0.39, 0.29) is 17.3 Å². The number of hydrogen-bond donors (Lipinski definition) is 1. The number of rotatable bonds is 6. The molecule has 6 heteroatoms. The van der Waals surface area contributed by atoms with E-state index in [1.807, 2.05) is 35.2 Å². The van der Waals surface area contributed by atoms with Gasteiger partial charge in [-0.1, -0.05) is 0 Å². The molecular weight excluding hydrogens is 345 g/mol. The number of nitrogens with zero attached hydrogens (tertiary/aromatic N) is 2. The number of benzene rings is 1. The van der Waals surface area contributed by atoms with Gasteiger partial charge in [0.05, 0.1) is 7.11 Å². The Morgan fingerprint density at radius 2 is 2.04 bits per heavy atom. The molecule has 3 aromatic rings. The predicted molar refractivity (Wildman–Crippen MR) is 99.7 cm³/mol. The van der Waals surface area contributed by atoms with Gasteiger partial charge >= 0.3 is 0 Å². The maximum absolute atomic E-state index is 13.6. The monoisotopic (exact) mass is 365 g/mol. The topological polar surface area (TPSA) is 56.1 Å². The minimum absolute atomic E-state index is 0.225. The molecule has 0 saturated heterocycles. The van der Waals surface area contributed by atoms with Gasteiger partial charge in [0.1, 0.15) is 17.3 Å².